The van der Waals surface area contributed by atoms with E-state index in [-0.39, 0.29) is 67.4 Å². The molecule has 0 radical (unpaired) electrons. The number of aromatic nitrogens is 2. The number of ether oxygens (including phenoxy) is 1. The highest BCUT2D eigenvalue weighted by molar-refractivity contribution is 5.95. The van der Waals surface area contributed by atoms with Gasteiger partial charge < -0.3 is 20.2 Å². The molecule has 4 aromatic rings. The highest BCUT2D eigenvalue weighted by Crippen LogP contribution is 2.44. The third kappa shape index (κ3) is 6.52. The predicted molar refractivity (Wildman–Crippen MR) is 147 cm³/mol. The predicted octanol–water partition coefficient (Wildman–Crippen LogP) is 5.95. The molecular formula is C30H26F5N5O3. The first-order valence-electron chi connectivity index (χ1n) is 13.5. The van der Waals surface area contributed by atoms with Gasteiger partial charge in [-0.3, -0.25) is 14.7 Å². The van der Waals surface area contributed by atoms with Crippen LogP contribution in [0.4, 0.5) is 27.8 Å². The summed E-state index contributed by atoms with van der Waals surface area (Å²) >= 11 is 0. The Morgan fingerprint density at radius 1 is 1.09 bits per heavy atom. The molecule has 0 bridgehead atoms. The minimum absolute atomic E-state index is 0.00377. The highest BCUT2D eigenvalue weighted by atomic mass is 19.4. The molecule has 3 aromatic heterocycles. The average Bonchev–Trinajstić information content (AvgIpc) is 3.65. The number of nitrogens with one attached hydrogen (secondary N) is 1. The van der Waals surface area contributed by atoms with E-state index in [9.17, 15) is 26.7 Å². The van der Waals surface area contributed by atoms with Gasteiger partial charge in [-0.2, -0.15) is 13.2 Å². The molecule has 0 aliphatic carbocycles. The Morgan fingerprint density at radius 3 is 2.56 bits per heavy atom. The molecular weight excluding hydrogens is 573 g/mol. The van der Waals surface area contributed by atoms with Crippen molar-refractivity contribution in [2.24, 2.45) is 0 Å². The summed E-state index contributed by atoms with van der Waals surface area (Å²) in [5.74, 6) is -2.50. The standard InChI is InChI=1S/C30H26F5N5O3/c31-29(32)7-9-40(10-8-29)28-27(43-28)18-3-4-23(37-15-18)21-11-19(30(33,34)35)12-24-22(21)13-20(42-24)16-39-26(41)6-2-17-1-5-25(36)38-14-17/h1-6,11-15,27-28H,7-10,16H2,(H2,36,38)(H,39,41)/b6-2+. The number of pyridine rings is 2. The molecule has 0 saturated carbocycles. The van der Waals surface area contributed by atoms with Gasteiger partial charge in [-0.1, -0.05) is 6.07 Å². The van der Waals surface area contributed by atoms with E-state index < -0.39 is 23.6 Å². The molecule has 2 aliphatic rings. The lowest BCUT2D eigenvalue weighted by molar-refractivity contribution is -0.137. The number of halogens is 5. The Labute approximate surface area is 242 Å². The van der Waals surface area contributed by atoms with Crippen LogP contribution in [-0.2, 0) is 22.3 Å². The van der Waals surface area contributed by atoms with Crippen LogP contribution in [0.25, 0.3) is 28.3 Å². The Morgan fingerprint density at radius 2 is 1.88 bits per heavy atom. The van der Waals surface area contributed by atoms with Crippen molar-refractivity contribution in [3.63, 3.8) is 0 Å². The van der Waals surface area contributed by atoms with Crippen molar-refractivity contribution in [3.05, 3.63) is 83.4 Å². The number of amides is 1. The summed E-state index contributed by atoms with van der Waals surface area (Å²) in [6, 6.07) is 10.1. The van der Waals surface area contributed by atoms with E-state index in [4.69, 9.17) is 14.9 Å². The SMILES string of the molecule is Nc1ccc(/C=C/C(=O)NCc2cc3c(-c4ccc(C5OC5N5CCC(F)(F)CC5)cn4)cc(C(F)(F)F)cc3o2)cn1. The fourth-order valence-electron chi connectivity index (χ4n) is 5.04. The number of epoxide rings is 1. The van der Waals surface area contributed by atoms with Crippen molar-refractivity contribution in [2.75, 3.05) is 18.8 Å². The molecule has 6 rings (SSSR count). The van der Waals surface area contributed by atoms with Crippen molar-refractivity contribution in [2.45, 2.75) is 43.8 Å². The van der Waals surface area contributed by atoms with Crippen molar-refractivity contribution >= 4 is 28.8 Å². The topological polar surface area (TPSA) is 110 Å². The number of rotatable bonds is 7. The van der Waals surface area contributed by atoms with Crippen molar-refractivity contribution in [1.82, 2.24) is 20.2 Å². The maximum absolute atomic E-state index is 13.8. The molecule has 1 aromatic carbocycles. The van der Waals surface area contributed by atoms with Crippen LogP contribution in [0.15, 0.2) is 65.4 Å². The summed E-state index contributed by atoms with van der Waals surface area (Å²) < 4.78 is 79.7. The minimum Gasteiger partial charge on any atom is -0.459 e. The lowest BCUT2D eigenvalue weighted by atomic mass is 10.0. The summed E-state index contributed by atoms with van der Waals surface area (Å²) in [7, 11) is 0. The number of furan rings is 1. The zero-order valence-electron chi connectivity index (χ0n) is 22.6. The number of fused-ring (bicyclic) bond motifs is 1. The number of anilines is 1. The van der Waals surface area contributed by atoms with E-state index in [2.05, 4.69) is 15.3 Å². The van der Waals surface area contributed by atoms with Gasteiger partial charge in [0.25, 0.3) is 5.92 Å². The molecule has 2 unspecified atom stereocenters. The third-order valence-corrected chi connectivity index (χ3v) is 7.44. The highest BCUT2D eigenvalue weighted by Gasteiger charge is 2.48. The number of carbonyl (C=O) groups is 1. The molecule has 13 heteroatoms. The number of benzene rings is 1. The summed E-state index contributed by atoms with van der Waals surface area (Å²) in [5, 5.41) is 3.05. The summed E-state index contributed by atoms with van der Waals surface area (Å²) in [4.78, 5) is 22.5. The first-order valence-corrected chi connectivity index (χ1v) is 13.5. The first kappa shape index (κ1) is 28.7. The molecule has 224 valence electrons. The van der Waals surface area contributed by atoms with Gasteiger partial charge in [0.15, 0.2) is 0 Å². The van der Waals surface area contributed by atoms with Crippen LogP contribution in [0.2, 0.25) is 0 Å². The van der Waals surface area contributed by atoms with Gasteiger partial charge in [0, 0.05) is 60.9 Å². The van der Waals surface area contributed by atoms with Crippen molar-refractivity contribution in [1.29, 1.82) is 0 Å². The van der Waals surface area contributed by atoms with Crippen molar-refractivity contribution in [3.8, 4) is 11.3 Å². The average molecular weight is 600 g/mol. The number of hydrogen-bond acceptors (Lipinski definition) is 7. The molecule has 2 saturated heterocycles. The molecule has 5 heterocycles. The van der Waals surface area contributed by atoms with Crippen LogP contribution in [0.1, 0.15) is 41.4 Å². The van der Waals surface area contributed by atoms with E-state index in [0.29, 0.717) is 22.3 Å². The lowest BCUT2D eigenvalue weighted by Gasteiger charge is -2.30. The van der Waals surface area contributed by atoms with Crippen LogP contribution in [-0.4, -0.2) is 46.0 Å². The monoisotopic (exact) mass is 599 g/mol. The van der Waals surface area contributed by atoms with Crippen LogP contribution in [0.3, 0.4) is 0 Å². The van der Waals surface area contributed by atoms with E-state index in [1.54, 1.807) is 36.4 Å². The van der Waals surface area contributed by atoms with Gasteiger partial charge in [-0.05, 0) is 48.0 Å². The number of piperidine rings is 1. The second-order valence-corrected chi connectivity index (χ2v) is 10.5. The molecule has 2 atom stereocenters. The van der Waals surface area contributed by atoms with Crippen LogP contribution in [0.5, 0.6) is 0 Å². The van der Waals surface area contributed by atoms with Gasteiger partial charge >= 0.3 is 6.18 Å². The summed E-state index contributed by atoms with van der Waals surface area (Å²) in [6.07, 6.45) is 0.117. The van der Waals surface area contributed by atoms with Crippen molar-refractivity contribution < 1.29 is 35.9 Å². The van der Waals surface area contributed by atoms with Gasteiger partial charge in [-0.15, -0.1) is 0 Å². The summed E-state index contributed by atoms with van der Waals surface area (Å²) in [5.41, 5.74) is 6.50. The largest absolute Gasteiger partial charge is 0.459 e. The molecule has 2 fully saturated rings. The number of nitrogen functional groups attached to an aromatic ring is 1. The second kappa shape index (κ2) is 11.0. The number of hydrogen-bond donors (Lipinski definition) is 2. The molecule has 0 spiro atoms. The fourth-order valence-corrected chi connectivity index (χ4v) is 5.04. The third-order valence-electron chi connectivity index (χ3n) is 7.44. The van der Waals surface area contributed by atoms with Crippen LogP contribution in [0, 0.1) is 0 Å². The smallest absolute Gasteiger partial charge is 0.416 e. The number of alkyl halides is 5. The van der Waals surface area contributed by atoms with Gasteiger partial charge in [-0.25, -0.2) is 13.8 Å². The van der Waals surface area contributed by atoms with E-state index in [1.165, 1.54) is 18.5 Å². The number of nitrogens with zero attached hydrogens (tertiary/aromatic N) is 3. The quantitative estimate of drug-likeness (QED) is 0.154. The van der Waals surface area contributed by atoms with E-state index in [1.807, 2.05) is 4.90 Å². The zero-order chi connectivity index (χ0) is 30.4. The first-order chi connectivity index (χ1) is 20.4. The lowest BCUT2D eigenvalue weighted by Crippen LogP contribution is -2.41. The Balaban J connectivity index is 1.18. The molecule has 1 amide bonds. The van der Waals surface area contributed by atoms with E-state index >= 15 is 0 Å². The molecule has 8 nitrogen and oxygen atoms in total. The Hall–Kier alpha value is -4.36. The van der Waals surface area contributed by atoms with E-state index in [0.717, 1.165) is 12.1 Å². The number of nitrogens with two attached hydrogens (primary N) is 1. The number of likely N-dealkylation sites (tertiary alicyclic amines) is 1. The normalized spacial score (nSPS) is 20.5. The Bertz CT molecular complexity index is 1660. The molecule has 3 N–H and O–H groups in total. The minimum atomic E-state index is -4.63. The maximum atomic E-state index is 13.8. The molecule has 2 aliphatic heterocycles. The second-order valence-electron chi connectivity index (χ2n) is 10.5. The van der Waals surface area contributed by atoms with Crippen LogP contribution < -0.4 is 11.1 Å². The number of carbonyl (C=O) groups excluding carboxylic acids is 1. The Kier molecular flexibility index (Phi) is 7.38. The molecule has 43 heavy (non-hydrogen) atoms. The fraction of sp³-hybridized carbons (Fsp3) is 0.300. The van der Waals surface area contributed by atoms with Gasteiger partial charge in [0.1, 0.15) is 29.5 Å². The zero-order valence-corrected chi connectivity index (χ0v) is 22.6. The van der Waals surface area contributed by atoms with Gasteiger partial charge in [0.05, 0.1) is 17.8 Å². The summed E-state index contributed by atoms with van der Waals surface area (Å²) in [6.45, 7) is 0.386. The van der Waals surface area contributed by atoms with Gasteiger partial charge in [0.2, 0.25) is 5.91 Å². The van der Waals surface area contributed by atoms with Crippen LogP contribution >= 0.6 is 0 Å². The maximum Gasteiger partial charge on any atom is 0.416 e.